The third-order valence-electron chi connectivity index (χ3n) is 5.11. The van der Waals surface area contributed by atoms with Gasteiger partial charge in [-0.05, 0) is 61.1 Å². The molecule has 1 aromatic heterocycles. The maximum atomic E-state index is 4.07. The Morgan fingerprint density at radius 1 is 1.19 bits per heavy atom. The molecule has 3 rings (SSSR count). The zero-order valence-electron chi connectivity index (χ0n) is 13.4. The molecule has 0 saturated heterocycles. The van der Waals surface area contributed by atoms with Gasteiger partial charge in [-0.15, -0.1) is 0 Å². The number of aromatic nitrogens is 2. The molecule has 1 aliphatic carbocycles. The highest BCUT2D eigenvalue weighted by Crippen LogP contribution is 2.39. The number of hydrogen-bond acceptors (Lipinski definition) is 2. The van der Waals surface area contributed by atoms with E-state index in [1.807, 2.05) is 6.20 Å². The van der Waals surface area contributed by atoms with Crippen molar-refractivity contribution < 1.29 is 0 Å². The van der Waals surface area contributed by atoms with Crippen LogP contribution in [0.1, 0.15) is 46.5 Å². The van der Waals surface area contributed by atoms with Crippen molar-refractivity contribution >= 4 is 16.6 Å². The predicted molar refractivity (Wildman–Crippen MR) is 89.5 cm³/mol. The van der Waals surface area contributed by atoms with Crippen LogP contribution in [0.2, 0.25) is 0 Å². The highest BCUT2D eigenvalue weighted by molar-refractivity contribution is 5.81. The van der Waals surface area contributed by atoms with E-state index < -0.39 is 0 Å². The number of nitrogens with zero attached hydrogens (tertiary/aromatic N) is 1. The first-order valence-electron chi connectivity index (χ1n) is 8.19. The number of hydrogen-bond donors (Lipinski definition) is 2. The predicted octanol–water partition coefficient (Wildman–Crippen LogP) is 4.83. The van der Waals surface area contributed by atoms with E-state index in [2.05, 4.69) is 54.5 Å². The van der Waals surface area contributed by atoms with Crippen molar-refractivity contribution in [3.05, 3.63) is 24.4 Å². The molecule has 0 spiro atoms. The van der Waals surface area contributed by atoms with Crippen LogP contribution in [0.5, 0.6) is 0 Å². The fourth-order valence-corrected chi connectivity index (χ4v) is 3.55. The second-order valence-corrected chi connectivity index (χ2v) is 7.64. The molecule has 0 atom stereocenters. The van der Waals surface area contributed by atoms with Gasteiger partial charge in [-0.3, -0.25) is 5.10 Å². The third kappa shape index (κ3) is 3.39. The van der Waals surface area contributed by atoms with Gasteiger partial charge in [0.15, 0.2) is 0 Å². The Morgan fingerprint density at radius 2 is 1.95 bits per heavy atom. The molecule has 3 nitrogen and oxygen atoms in total. The van der Waals surface area contributed by atoms with Gasteiger partial charge in [0.25, 0.3) is 0 Å². The number of fused-ring (bicyclic) bond motifs is 1. The van der Waals surface area contributed by atoms with Crippen molar-refractivity contribution in [2.75, 3.05) is 11.9 Å². The summed E-state index contributed by atoms with van der Waals surface area (Å²) in [6, 6.07) is 6.42. The zero-order chi connectivity index (χ0) is 14.9. The lowest BCUT2D eigenvalue weighted by Crippen LogP contribution is -2.28. The van der Waals surface area contributed by atoms with Crippen LogP contribution in [0.4, 0.5) is 5.69 Å². The van der Waals surface area contributed by atoms with Crippen molar-refractivity contribution in [1.29, 1.82) is 0 Å². The fraction of sp³-hybridized carbons (Fsp3) is 0.611. The summed E-state index contributed by atoms with van der Waals surface area (Å²) in [7, 11) is 0. The number of benzene rings is 1. The van der Waals surface area contributed by atoms with E-state index in [1.165, 1.54) is 36.8 Å². The topological polar surface area (TPSA) is 40.7 Å². The van der Waals surface area contributed by atoms with Crippen LogP contribution in [-0.2, 0) is 0 Å². The van der Waals surface area contributed by atoms with Crippen molar-refractivity contribution in [1.82, 2.24) is 10.2 Å². The van der Waals surface area contributed by atoms with E-state index in [4.69, 9.17) is 0 Å². The van der Waals surface area contributed by atoms with Gasteiger partial charge >= 0.3 is 0 Å². The molecule has 0 aliphatic heterocycles. The molecule has 0 unspecified atom stereocenters. The summed E-state index contributed by atoms with van der Waals surface area (Å²) >= 11 is 0. The van der Waals surface area contributed by atoms with Gasteiger partial charge in [0.1, 0.15) is 0 Å². The monoisotopic (exact) mass is 285 g/mol. The Bertz CT molecular complexity index is 586. The summed E-state index contributed by atoms with van der Waals surface area (Å²) in [5, 5.41) is 11.8. The molecule has 0 bridgehead atoms. The molecule has 1 fully saturated rings. The maximum Gasteiger partial charge on any atom is 0.0651 e. The van der Waals surface area contributed by atoms with Gasteiger partial charge in [-0.2, -0.15) is 5.10 Å². The summed E-state index contributed by atoms with van der Waals surface area (Å²) in [6.45, 7) is 8.25. The highest BCUT2D eigenvalue weighted by atomic mass is 15.1. The van der Waals surface area contributed by atoms with Gasteiger partial charge in [-0.25, -0.2) is 0 Å². The summed E-state index contributed by atoms with van der Waals surface area (Å²) in [6.07, 6.45) is 7.38. The van der Waals surface area contributed by atoms with E-state index in [0.29, 0.717) is 5.41 Å². The Morgan fingerprint density at radius 3 is 2.67 bits per heavy atom. The summed E-state index contributed by atoms with van der Waals surface area (Å²) in [5.41, 5.74) is 2.79. The van der Waals surface area contributed by atoms with Crippen LogP contribution < -0.4 is 5.32 Å². The number of nitrogens with one attached hydrogen (secondary N) is 2. The summed E-state index contributed by atoms with van der Waals surface area (Å²) in [4.78, 5) is 0. The molecule has 114 valence electrons. The molecular weight excluding hydrogens is 258 g/mol. The SMILES string of the molecule is CC(C)(C)C1CCC(CNc2ccc3[nH]ncc3c2)CC1. The first-order chi connectivity index (χ1) is 10.0. The molecule has 1 saturated carbocycles. The van der Waals surface area contributed by atoms with Crippen LogP contribution in [0.3, 0.4) is 0 Å². The lowest BCUT2D eigenvalue weighted by Gasteiger charge is -2.37. The molecule has 3 heteroatoms. The molecule has 2 aromatic rings. The van der Waals surface area contributed by atoms with Crippen molar-refractivity contribution in [3.63, 3.8) is 0 Å². The molecule has 0 amide bonds. The fourth-order valence-electron chi connectivity index (χ4n) is 3.55. The summed E-state index contributed by atoms with van der Waals surface area (Å²) in [5.74, 6) is 1.72. The smallest absolute Gasteiger partial charge is 0.0651 e. The van der Waals surface area contributed by atoms with Crippen LogP contribution in [0.15, 0.2) is 24.4 Å². The quantitative estimate of drug-likeness (QED) is 0.848. The van der Waals surface area contributed by atoms with Gasteiger partial charge in [0.05, 0.1) is 11.7 Å². The molecule has 21 heavy (non-hydrogen) atoms. The zero-order valence-corrected chi connectivity index (χ0v) is 13.4. The number of anilines is 1. The minimum Gasteiger partial charge on any atom is -0.385 e. The number of H-pyrrole nitrogens is 1. The molecule has 0 radical (unpaired) electrons. The molecular formula is C18H27N3. The molecule has 1 aromatic carbocycles. The van der Waals surface area contributed by atoms with Crippen molar-refractivity contribution in [2.24, 2.45) is 17.3 Å². The van der Waals surface area contributed by atoms with Gasteiger partial charge in [0.2, 0.25) is 0 Å². The largest absolute Gasteiger partial charge is 0.385 e. The van der Waals surface area contributed by atoms with Crippen molar-refractivity contribution in [3.8, 4) is 0 Å². The molecule has 2 N–H and O–H groups in total. The molecule has 1 aliphatic rings. The Hall–Kier alpha value is -1.51. The third-order valence-corrected chi connectivity index (χ3v) is 5.11. The van der Waals surface area contributed by atoms with Crippen LogP contribution in [0.25, 0.3) is 10.9 Å². The van der Waals surface area contributed by atoms with Gasteiger partial charge in [-0.1, -0.05) is 20.8 Å². The minimum atomic E-state index is 0.477. The average Bonchev–Trinajstić information content (AvgIpc) is 2.92. The number of aromatic amines is 1. The van der Waals surface area contributed by atoms with Crippen LogP contribution in [-0.4, -0.2) is 16.7 Å². The average molecular weight is 285 g/mol. The normalized spacial score (nSPS) is 23.4. The number of rotatable bonds is 3. The second-order valence-electron chi connectivity index (χ2n) is 7.64. The van der Waals surface area contributed by atoms with Gasteiger partial charge < -0.3 is 5.32 Å². The van der Waals surface area contributed by atoms with Crippen LogP contribution >= 0.6 is 0 Å². The van der Waals surface area contributed by atoms with E-state index in [1.54, 1.807) is 0 Å². The molecule has 1 heterocycles. The van der Waals surface area contributed by atoms with Crippen molar-refractivity contribution in [2.45, 2.75) is 46.5 Å². The van der Waals surface area contributed by atoms with E-state index >= 15 is 0 Å². The summed E-state index contributed by atoms with van der Waals surface area (Å²) < 4.78 is 0. The first-order valence-corrected chi connectivity index (χ1v) is 8.19. The van der Waals surface area contributed by atoms with Crippen LogP contribution in [0, 0.1) is 17.3 Å². The van der Waals surface area contributed by atoms with E-state index in [0.717, 1.165) is 23.9 Å². The second kappa shape index (κ2) is 5.70. The van der Waals surface area contributed by atoms with Gasteiger partial charge in [0, 0.05) is 17.6 Å². The minimum absolute atomic E-state index is 0.477. The standard InChI is InChI=1S/C18H27N3/c1-18(2,3)15-6-4-13(5-7-15)11-19-16-8-9-17-14(10-16)12-20-21-17/h8-10,12-13,15,19H,4-7,11H2,1-3H3,(H,20,21). The Labute approximate surface area is 127 Å². The first kappa shape index (κ1) is 14.4. The highest BCUT2D eigenvalue weighted by Gasteiger charge is 2.29. The maximum absolute atomic E-state index is 4.07. The lowest BCUT2D eigenvalue weighted by atomic mass is 9.70. The Kier molecular flexibility index (Phi) is 3.92. The van der Waals surface area contributed by atoms with E-state index in [-0.39, 0.29) is 0 Å². The lowest BCUT2D eigenvalue weighted by molar-refractivity contribution is 0.153. The Balaban J connectivity index is 1.52. The van der Waals surface area contributed by atoms with E-state index in [9.17, 15) is 0 Å².